The lowest BCUT2D eigenvalue weighted by Crippen LogP contribution is -2.50. The molecule has 0 N–H and O–H groups in total. The highest BCUT2D eigenvalue weighted by Gasteiger charge is 2.27. The lowest BCUT2D eigenvalue weighted by atomic mass is 10.2. The Bertz CT molecular complexity index is 1540. The van der Waals surface area contributed by atoms with Gasteiger partial charge in [-0.2, -0.15) is 4.99 Å². The van der Waals surface area contributed by atoms with E-state index in [9.17, 15) is 22.8 Å². The number of methoxy groups -OCH3 is 1. The third-order valence-electron chi connectivity index (χ3n) is 6.43. The van der Waals surface area contributed by atoms with Crippen LogP contribution in [0.4, 0.5) is 5.69 Å². The fraction of sp³-hybridized carbons (Fsp3) is 0.407. The van der Waals surface area contributed by atoms with Crippen molar-refractivity contribution in [3.8, 4) is 0 Å². The fourth-order valence-corrected chi connectivity index (χ4v) is 6.64. The first-order chi connectivity index (χ1) is 19.2. The zero-order chi connectivity index (χ0) is 28.7. The van der Waals surface area contributed by atoms with Crippen LogP contribution in [0.5, 0.6) is 0 Å². The number of amides is 2. The van der Waals surface area contributed by atoms with Crippen LogP contribution < -0.4 is 9.70 Å². The molecule has 11 nitrogen and oxygen atoms in total. The predicted molar refractivity (Wildman–Crippen MR) is 152 cm³/mol. The molecule has 0 saturated carbocycles. The lowest BCUT2D eigenvalue weighted by molar-refractivity contribution is -0.128. The number of aromatic nitrogens is 1. The number of sulfone groups is 1. The van der Waals surface area contributed by atoms with Gasteiger partial charge < -0.3 is 23.8 Å². The van der Waals surface area contributed by atoms with Crippen LogP contribution >= 0.6 is 11.3 Å². The summed E-state index contributed by atoms with van der Waals surface area (Å²) in [5.74, 6) is -3.52. The SMILES string of the molecule is CCOCCn1c(=NC(=O)CS(=O)(=O)CC(=O)N2CCN(c3ccccc3)CC2)sc2cc(C(=O)OC)ccc21. The van der Waals surface area contributed by atoms with E-state index in [0.29, 0.717) is 56.2 Å². The van der Waals surface area contributed by atoms with Crippen LogP contribution in [0.15, 0.2) is 53.5 Å². The van der Waals surface area contributed by atoms with E-state index < -0.39 is 39.1 Å². The zero-order valence-corrected chi connectivity index (χ0v) is 24.1. The Morgan fingerprint density at radius 3 is 2.40 bits per heavy atom. The summed E-state index contributed by atoms with van der Waals surface area (Å²) in [4.78, 5) is 45.5. The summed E-state index contributed by atoms with van der Waals surface area (Å²) in [6.07, 6.45) is 0. The summed E-state index contributed by atoms with van der Waals surface area (Å²) in [6.45, 7) is 5.08. The first-order valence-electron chi connectivity index (χ1n) is 12.9. The van der Waals surface area contributed by atoms with Gasteiger partial charge in [0.25, 0.3) is 5.91 Å². The molecule has 0 spiro atoms. The number of anilines is 1. The van der Waals surface area contributed by atoms with Gasteiger partial charge in [0.1, 0.15) is 11.5 Å². The first-order valence-corrected chi connectivity index (χ1v) is 15.5. The molecule has 0 atom stereocenters. The van der Waals surface area contributed by atoms with Crippen LogP contribution in [0.25, 0.3) is 10.2 Å². The summed E-state index contributed by atoms with van der Waals surface area (Å²) in [5.41, 5.74) is 2.11. The van der Waals surface area contributed by atoms with Crippen molar-refractivity contribution in [2.75, 3.05) is 62.9 Å². The monoisotopic (exact) mass is 588 g/mol. The molecule has 1 saturated heterocycles. The maximum Gasteiger partial charge on any atom is 0.337 e. The molecule has 0 radical (unpaired) electrons. The first kappa shape index (κ1) is 29.4. The van der Waals surface area contributed by atoms with Crippen LogP contribution in [0.3, 0.4) is 0 Å². The fourth-order valence-electron chi connectivity index (χ4n) is 4.43. The molecule has 0 bridgehead atoms. The number of rotatable bonds is 10. The van der Waals surface area contributed by atoms with E-state index in [1.54, 1.807) is 22.8 Å². The highest BCUT2D eigenvalue weighted by Crippen LogP contribution is 2.20. The van der Waals surface area contributed by atoms with Crippen LogP contribution in [-0.4, -0.2) is 93.7 Å². The van der Waals surface area contributed by atoms with Gasteiger partial charge in [0.15, 0.2) is 14.6 Å². The molecule has 0 aliphatic carbocycles. The molecule has 40 heavy (non-hydrogen) atoms. The molecule has 0 unspecified atom stereocenters. The van der Waals surface area contributed by atoms with Crippen molar-refractivity contribution in [1.29, 1.82) is 0 Å². The van der Waals surface area contributed by atoms with Crippen molar-refractivity contribution in [3.63, 3.8) is 0 Å². The quantitative estimate of drug-likeness (QED) is 0.259. The van der Waals surface area contributed by atoms with E-state index in [2.05, 4.69) is 9.89 Å². The minimum atomic E-state index is -4.04. The predicted octanol–water partition coefficient (Wildman–Crippen LogP) is 1.72. The number of carbonyl (C=O) groups excluding carboxylic acids is 3. The molecule has 1 aromatic heterocycles. The largest absolute Gasteiger partial charge is 0.465 e. The number of benzene rings is 2. The maximum absolute atomic E-state index is 12.8. The van der Waals surface area contributed by atoms with E-state index in [1.807, 2.05) is 37.3 Å². The van der Waals surface area contributed by atoms with Gasteiger partial charge >= 0.3 is 5.97 Å². The molecular formula is C27H32N4O7S2. The lowest BCUT2D eigenvalue weighted by Gasteiger charge is -2.36. The van der Waals surface area contributed by atoms with E-state index in [0.717, 1.165) is 22.5 Å². The molecule has 2 heterocycles. The van der Waals surface area contributed by atoms with Crippen LogP contribution in [0, 0.1) is 0 Å². The Hall–Kier alpha value is -3.55. The molecule has 4 rings (SSSR count). The zero-order valence-electron chi connectivity index (χ0n) is 22.4. The Morgan fingerprint density at radius 1 is 1.00 bits per heavy atom. The average molecular weight is 589 g/mol. The topological polar surface area (TPSA) is 128 Å². The summed E-state index contributed by atoms with van der Waals surface area (Å²) >= 11 is 1.15. The number of hydrogen-bond acceptors (Lipinski definition) is 9. The van der Waals surface area contributed by atoms with Gasteiger partial charge in [-0.05, 0) is 37.3 Å². The number of para-hydroxylation sites is 1. The number of carbonyl (C=O) groups is 3. The van der Waals surface area contributed by atoms with Crippen LogP contribution in [-0.2, 0) is 35.4 Å². The third kappa shape index (κ3) is 7.34. The van der Waals surface area contributed by atoms with Gasteiger partial charge in [-0.25, -0.2) is 13.2 Å². The number of piperazine rings is 1. The van der Waals surface area contributed by atoms with Gasteiger partial charge in [-0.15, -0.1) is 0 Å². The molecule has 13 heteroatoms. The number of esters is 1. The molecule has 1 fully saturated rings. The Balaban J connectivity index is 1.45. The second-order valence-electron chi connectivity index (χ2n) is 9.15. The van der Waals surface area contributed by atoms with Crippen molar-refractivity contribution < 1.29 is 32.3 Å². The molecule has 1 aliphatic heterocycles. The molecule has 214 valence electrons. The van der Waals surface area contributed by atoms with Crippen LogP contribution in [0.1, 0.15) is 17.3 Å². The summed E-state index contributed by atoms with van der Waals surface area (Å²) in [6, 6.07) is 14.8. The number of hydrogen-bond donors (Lipinski definition) is 0. The number of nitrogens with zero attached hydrogens (tertiary/aromatic N) is 4. The smallest absolute Gasteiger partial charge is 0.337 e. The number of fused-ring (bicyclic) bond motifs is 1. The Kier molecular flexibility index (Phi) is 9.71. The summed E-state index contributed by atoms with van der Waals surface area (Å²) in [7, 11) is -2.75. The maximum atomic E-state index is 12.8. The van der Waals surface area contributed by atoms with Gasteiger partial charge in [0.05, 0.1) is 29.5 Å². The minimum Gasteiger partial charge on any atom is -0.465 e. The Labute approximate surface area is 236 Å². The molecule has 2 aromatic carbocycles. The molecule has 2 amide bonds. The van der Waals surface area contributed by atoms with E-state index >= 15 is 0 Å². The van der Waals surface area contributed by atoms with Crippen molar-refractivity contribution in [1.82, 2.24) is 9.47 Å². The second-order valence-corrected chi connectivity index (χ2v) is 12.2. The Morgan fingerprint density at radius 2 is 1.73 bits per heavy atom. The minimum absolute atomic E-state index is 0.278. The van der Waals surface area contributed by atoms with Gasteiger partial charge in [0.2, 0.25) is 5.91 Å². The highest BCUT2D eigenvalue weighted by molar-refractivity contribution is 7.92. The summed E-state index contributed by atoms with van der Waals surface area (Å²) < 4.78 is 38.2. The van der Waals surface area contributed by atoms with E-state index in [4.69, 9.17) is 9.47 Å². The molecule has 1 aliphatic rings. The number of ether oxygens (including phenoxy) is 2. The second kappa shape index (κ2) is 13.2. The molecule has 3 aromatic rings. The van der Waals surface area contributed by atoms with E-state index in [-0.39, 0.29) is 4.80 Å². The van der Waals surface area contributed by atoms with Gasteiger partial charge in [-0.3, -0.25) is 9.59 Å². The average Bonchev–Trinajstić information content (AvgIpc) is 3.28. The van der Waals surface area contributed by atoms with E-state index in [1.165, 1.54) is 12.0 Å². The van der Waals surface area contributed by atoms with Crippen LogP contribution in [0.2, 0.25) is 0 Å². The summed E-state index contributed by atoms with van der Waals surface area (Å²) in [5, 5.41) is 0. The van der Waals surface area contributed by atoms with Crippen molar-refractivity contribution in [2.45, 2.75) is 13.5 Å². The third-order valence-corrected chi connectivity index (χ3v) is 8.84. The van der Waals surface area contributed by atoms with Crippen molar-refractivity contribution in [2.24, 2.45) is 4.99 Å². The van der Waals surface area contributed by atoms with Crippen molar-refractivity contribution in [3.05, 3.63) is 58.9 Å². The van der Waals surface area contributed by atoms with Gasteiger partial charge in [0, 0.05) is 45.0 Å². The van der Waals surface area contributed by atoms with Gasteiger partial charge in [-0.1, -0.05) is 29.5 Å². The van der Waals surface area contributed by atoms with Crippen molar-refractivity contribution >= 4 is 54.9 Å². The highest BCUT2D eigenvalue weighted by atomic mass is 32.2. The normalized spacial score (nSPS) is 14.5. The number of thiazole rings is 1. The molecular weight excluding hydrogens is 556 g/mol. The standard InChI is InChI=1S/C27H32N4O7S2/c1-3-38-16-15-31-22-10-9-20(26(34)37-2)17-23(22)39-27(31)28-24(32)18-40(35,36)19-25(33)30-13-11-29(12-14-30)21-7-5-4-6-8-21/h4-10,17H,3,11-16,18-19H2,1-2H3.